The van der Waals surface area contributed by atoms with Crippen LogP contribution < -0.4 is 0 Å². The fraction of sp³-hybridized carbons (Fsp3) is 0.105. The van der Waals surface area contributed by atoms with Crippen molar-refractivity contribution in [3.63, 3.8) is 0 Å². The van der Waals surface area contributed by atoms with Gasteiger partial charge in [0.2, 0.25) is 0 Å². The fourth-order valence-electron chi connectivity index (χ4n) is 4.58. The Hall–Kier alpha value is -4.42. The van der Waals surface area contributed by atoms with Crippen molar-refractivity contribution in [2.45, 2.75) is 27.2 Å². The molecule has 0 amide bonds. The van der Waals surface area contributed by atoms with E-state index in [1.54, 1.807) is 0 Å². The Balaban J connectivity index is 0.00000195. The van der Waals surface area contributed by atoms with Crippen LogP contribution in [0.3, 0.4) is 0 Å². The first-order valence-corrected chi connectivity index (χ1v) is 13.1. The number of hydrogen-bond acceptors (Lipinski definition) is 0. The van der Waals surface area contributed by atoms with Crippen molar-refractivity contribution in [3.8, 4) is 11.1 Å². The van der Waals surface area contributed by atoms with E-state index in [-0.39, 0.29) is 0 Å². The Morgan fingerprint density at radius 2 is 1.42 bits per heavy atom. The lowest BCUT2D eigenvalue weighted by atomic mass is 9.93. The van der Waals surface area contributed by atoms with E-state index in [1.807, 2.05) is 19.9 Å². The van der Waals surface area contributed by atoms with Crippen molar-refractivity contribution in [3.05, 3.63) is 170 Å². The van der Waals surface area contributed by atoms with Crippen molar-refractivity contribution in [2.24, 2.45) is 0 Å². The summed E-state index contributed by atoms with van der Waals surface area (Å²) >= 11 is 0. The second-order valence-corrected chi connectivity index (χ2v) is 9.09. The van der Waals surface area contributed by atoms with E-state index in [0.717, 1.165) is 28.7 Å². The highest BCUT2D eigenvalue weighted by Crippen LogP contribution is 2.31. The molecule has 0 aliphatic heterocycles. The van der Waals surface area contributed by atoms with Crippen molar-refractivity contribution in [2.75, 3.05) is 0 Å². The molecule has 0 radical (unpaired) electrons. The van der Waals surface area contributed by atoms with E-state index in [9.17, 15) is 0 Å². The zero-order valence-corrected chi connectivity index (χ0v) is 23.0. The van der Waals surface area contributed by atoms with Gasteiger partial charge in [-0.25, -0.2) is 0 Å². The van der Waals surface area contributed by atoms with Gasteiger partial charge in [0.15, 0.2) is 0 Å². The summed E-state index contributed by atoms with van der Waals surface area (Å²) < 4.78 is 0. The van der Waals surface area contributed by atoms with Gasteiger partial charge in [-0.05, 0) is 94.6 Å². The molecule has 3 aromatic carbocycles. The number of rotatable bonds is 6. The summed E-state index contributed by atoms with van der Waals surface area (Å²) in [6, 6.07) is 22.3. The van der Waals surface area contributed by atoms with Crippen molar-refractivity contribution < 1.29 is 0 Å². The molecular weight excluding hydrogens is 456 g/mol. The van der Waals surface area contributed by atoms with Crippen LogP contribution in [0.2, 0.25) is 0 Å². The van der Waals surface area contributed by atoms with Gasteiger partial charge < -0.3 is 0 Å². The molecule has 0 bridgehead atoms. The van der Waals surface area contributed by atoms with Crippen LogP contribution in [0.4, 0.5) is 0 Å². The first-order chi connectivity index (χ1) is 18.5. The lowest BCUT2D eigenvalue weighted by Gasteiger charge is -2.12. The average Bonchev–Trinajstić information content (AvgIpc) is 2.94. The third kappa shape index (κ3) is 6.66. The molecular formula is C38H38. The van der Waals surface area contributed by atoms with Crippen LogP contribution in [0.15, 0.2) is 158 Å². The van der Waals surface area contributed by atoms with E-state index in [4.69, 9.17) is 0 Å². The van der Waals surface area contributed by atoms with Crippen LogP contribution in [-0.2, 0) is 0 Å². The highest BCUT2D eigenvalue weighted by molar-refractivity contribution is 5.91. The summed E-state index contributed by atoms with van der Waals surface area (Å²) in [6.07, 6.45) is 20.2. The highest BCUT2D eigenvalue weighted by Gasteiger charge is 2.08. The molecule has 1 aliphatic carbocycles. The van der Waals surface area contributed by atoms with Crippen LogP contribution >= 0.6 is 0 Å². The Kier molecular flexibility index (Phi) is 10.2. The quantitative estimate of drug-likeness (QED) is 0.236. The number of benzene rings is 3. The zero-order valence-electron chi connectivity index (χ0n) is 23.0. The summed E-state index contributed by atoms with van der Waals surface area (Å²) in [6.45, 7) is 20.3. The molecule has 0 heterocycles. The minimum Gasteiger partial charge on any atom is -0.106 e. The summed E-state index contributed by atoms with van der Waals surface area (Å²) in [7, 11) is 0. The smallest absolute Gasteiger partial charge is 0.0112 e. The highest BCUT2D eigenvalue weighted by atomic mass is 14.1. The topological polar surface area (TPSA) is 0 Å². The zero-order chi connectivity index (χ0) is 27.5. The van der Waals surface area contributed by atoms with Gasteiger partial charge in [-0.15, -0.1) is 13.2 Å². The standard InChI is InChI=1S/C36H34.C2H4/c1-6-11-36(35(8-3)26(4)5)30-18-16-29(17-19-30)32-21-23-33-24-31(20-22-34(33)25-32)28-13-10-9-12-27(7-2)14-15-28;1-2/h6-9,11-25H,3-4,10H2,1-2,5H3;1-2H2/b11-6-,12-9?,15-14?,27-7?,28-13+,36-35+;. The largest absolute Gasteiger partial charge is 0.106 e. The third-order valence-electron chi connectivity index (χ3n) is 6.56. The predicted octanol–water partition coefficient (Wildman–Crippen LogP) is 11.2. The molecule has 0 spiro atoms. The Morgan fingerprint density at radius 1 is 0.789 bits per heavy atom. The molecule has 0 nitrogen and oxygen atoms in total. The molecule has 0 aromatic heterocycles. The van der Waals surface area contributed by atoms with Gasteiger partial charge in [-0.3, -0.25) is 0 Å². The maximum absolute atomic E-state index is 4.13. The molecule has 38 heavy (non-hydrogen) atoms. The third-order valence-corrected chi connectivity index (χ3v) is 6.56. The van der Waals surface area contributed by atoms with Crippen LogP contribution in [-0.4, -0.2) is 0 Å². The predicted molar refractivity (Wildman–Crippen MR) is 172 cm³/mol. The van der Waals surface area contributed by atoms with Crippen LogP contribution in [0.1, 0.15) is 38.3 Å². The molecule has 0 atom stereocenters. The second kappa shape index (κ2) is 13.8. The number of fused-ring (bicyclic) bond motifs is 1. The first-order valence-electron chi connectivity index (χ1n) is 13.1. The molecule has 1 aliphatic rings. The van der Waals surface area contributed by atoms with Crippen molar-refractivity contribution in [1.29, 1.82) is 0 Å². The van der Waals surface area contributed by atoms with Crippen molar-refractivity contribution in [1.82, 2.24) is 0 Å². The Labute approximate surface area is 229 Å². The van der Waals surface area contributed by atoms with E-state index >= 15 is 0 Å². The van der Waals surface area contributed by atoms with Crippen LogP contribution in [0.5, 0.6) is 0 Å². The minimum atomic E-state index is 0.940. The van der Waals surface area contributed by atoms with Gasteiger partial charge in [-0.2, -0.15) is 0 Å². The lowest BCUT2D eigenvalue weighted by Crippen LogP contribution is -1.90. The maximum Gasteiger partial charge on any atom is -0.0112 e. The molecule has 0 saturated carbocycles. The molecule has 3 aromatic rings. The van der Waals surface area contributed by atoms with Crippen LogP contribution in [0.25, 0.3) is 33.0 Å². The molecule has 0 saturated heterocycles. The Morgan fingerprint density at radius 3 is 2.03 bits per heavy atom. The lowest BCUT2D eigenvalue weighted by molar-refractivity contribution is 1.37. The maximum atomic E-state index is 4.13. The fourth-order valence-corrected chi connectivity index (χ4v) is 4.58. The SMILES string of the molecule is C=C.C=C/C(C(=C)C)=C(/C=C\C)c1ccc(-c2ccc3cc(/C4=C/CC=CC(=CC)C=C4)ccc3c2)cc1. The van der Waals surface area contributed by atoms with Gasteiger partial charge in [0.25, 0.3) is 0 Å². The summed E-state index contributed by atoms with van der Waals surface area (Å²) in [4.78, 5) is 0. The van der Waals surface area contributed by atoms with Crippen LogP contribution in [0, 0.1) is 0 Å². The van der Waals surface area contributed by atoms with E-state index in [1.165, 1.54) is 38.6 Å². The number of hydrogen-bond donors (Lipinski definition) is 0. The van der Waals surface area contributed by atoms with E-state index in [2.05, 4.69) is 143 Å². The first kappa shape index (κ1) is 28.2. The summed E-state index contributed by atoms with van der Waals surface area (Å²) in [5.74, 6) is 0. The van der Waals surface area contributed by atoms with Gasteiger partial charge in [0.1, 0.15) is 0 Å². The minimum absolute atomic E-state index is 0.940. The van der Waals surface area contributed by atoms with Crippen molar-refractivity contribution >= 4 is 21.9 Å². The summed E-state index contributed by atoms with van der Waals surface area (Å²) in [5.41, 5.74) is 10.6. The summed E-state index contributed by atoms with van der Waals surface area (Å²) in [5, 5.41) is 2.50. The van der Waals surface area contributed by atoms with Gasteiger partial charge in [-0.1, -0.05) is 122 Å². The molecule has 0 heteroatoms. The van der Waals surface area contributed by atoms with Gasteiger partial charge >= 0.3 is 0 Å². The Bertz CT molecular complexity index is 1490. The molecule has 190 valence electrons. The molecule has 0 fully saturated rings. The monoisotopic (exact) mass is 494 g/mol. The van der Waals surface area contributed by atoms with Gasteiger partial charge in [0, 0.05) is 0 Å². The molecule has 0 N–H and O–H groups in total. The van der Waals surface area contributed by atoms with E-state index in [0.29, 0.717) is 0 Å². The molecule has 4 rings (SSSR count). The molecule has 0 unspecified atom stereocenters. The average molecular weight is 495 g/mol. The second-order valence-electron chi connectivity index (χ2n) is 9.09. The van der Waals surface area contributed by atoms with E-state index < -0.39 is 0 Å². The van der Waals surface area contributed by atoms with Gasteiger partial charge in [0.05, 0.1) is 0 Å². The normalized spacial score (nSPS) is 16.2. The number of allylic oxidation sites excluding steroid dienone is 14.